The number of anilines is 1. The predicted molar refractivity (Wildman–Crippen MR) is 85.7 cm³/mol. The molecule has 118 valence electrons. The first kappa shape index (κ1) is 16.1. The molecule has 1 aromatic carbocycles. The third kappa shape index (κ3) is 4.91. The van der Waals surface area contributed by atoms with Crippen molar-refractivity contribution < 1.29 is 14.3 Å². The summed E-state index contributed by atoms with van der Waals surface area (Å²) in [6.45, 7) is 2.51. The fourth-order valence-electron chi connectivity index (χ4n) is 2.35. The fraction of sp³-hybridized carbons (Fsp3) is 0.412. The Morgan fingerprint density at radius 1 is 1.23 bits per heavy atom. The van der Waals surface area contributed by atoms with E-state index in [1.807, 2.05) is 13.0 Å². The minimum Gasteiger partial charge on any atom is -0.494 e. The lowest BCUT2D eigenvalue weighted by molar-refractivity contribution is -0.127. The van der Waals surface area contributed by atoms with E-state index in [9.17, 15) is 9.59 Å². The molecule has 0 fully saturated rings. The molecule has 22 heavy (non-hydrogen) atoms. The number of nitrogens with one attached hydrogen (secondary N) is 2. The van der Waals surface area contributed by atoms with Gasteiger partial charge in [0, 0.05) is 11.6 Å². The molecule has 1 atom stereocenters. The first-order valence-corrected chi connectivity index (χ1v) is 7.64. The third-order valence-corrected chi connectivity index (χ3v) is 3.51. The molecular formula is C17H22N2O3. The maximum atomic E-state index is 11.9. The molecule has 2 amide bonds. The van der Waals surface area contributed by atoms with Gasteiger partial charge in [0.1, 0.15) is 5.75 Å². The van der Waals surface area contributed by atoms with Gasteiger partial charge in [-0.25, -0.2) is 0 Å². The van der Waals surface area contributed by atoms with Crippen molar-refractivity contribution in [2.45, 2.75) is 26.2 Å². The van der Waals surface area contributed by atoms with Crippen molar-refractivity contribution in [3.63, 3.8) is 0 Å². The molecule has 1 aliphatic carbocycles. The number of ether oxygens (including phenoxy) is 1. The molecule has 5 nitrogen and oxygen atoms in total. The molecule has 0 heterocycles. The highest BCUT2D eigenvalue weighted by Crippen LogP contribution is 2.18. The minimum atomic E-state index is -0.233. The van der Waals surface area contributed by atoms with Crippen molar-refractivity contribution in [1.29, 1.82) is 0 Å². The molecule has 0 aliphatic heterocycles. The second-order valence-electron chi connectivity index (χ2n) is 5.20. The van der Waals surface area contributed by atoms with Crippen LogP contribution in [0, 0.1) is 5.92 Å². The minimum absolute atomic E-state index is 0.00768. The molecule has 0 aromatic heterocycles. The van der Waals surface area contributed by atoms with E-state index in [0.717, 1.165) is 25.0 Å². The Morgan fingerprint density at radius 2 is 2.00 bits per heavy atom. The van der Waals surface area contributed by atoms with Crippen LogP contribution in [-0.4, -0.2) is 25.0 Å². The van der Waals surface area contributed by atoms with Gasteiger partial charge in [-0.3, -0.25) is 9.59 Å². The smallest absolute Gasteiger partial charge is 0.243 e. The van der Waals surface area contributed by atoms with Crippen molar-refractivity contribution in [1.82, 2.24) is 5.32 Å². The number of rotatable bonds is 6. The van der Waals surface area contributed by atoms with E-state index < -0.39 is 0 Å². The van der Waals surface area contributed by atoms with Crippen molar-refractivity contribution in [3.05, 3.63) is 36.4 Å². The van der Waals surface area contributed by atoms with E-state index in [1.54, 1.807) is 24.3 Å². The summed E-state index contributed by atoms with van der Waals surface area (Å²) in [6, 6.07) is 7.14. The monoisotopic (exact) mass is 302 g/mol. The van der Waals surface area contributed by atoms with Crippen molar-refractivity contribution >= 4 is 17.5 Å². The normalized spacial score (nSPS) is 16.9. The molecule has 2 N–H and O–H groups in total. The number of hydrogen-bond donors (Lipinski definition) is 2. The van der Waals surface area contributed by atoms with Gasteiger partial charge < -0.3 is 15.4 Å². The van der Waals surface area contributed by atoms with Gasteiger partial charge in [0.25, 0.3) is 0 Å². The summed E-state index contributed by atoms with van der Waals surface area (Å²) < 4.78 is 5.34. The van der Waals surface area contributed by atoms with E-state index in [0.29, 0.717) is 12.3 Å². The Morgan fingerprint density at radius 3 is 2.64 bits per heavy atom. The summed E-state index contributed by atoms with van der Waals surface area (Å²) in [5, 5.41) is 5.44. The zero-order valence-electron chi connectivity index (χ0n) is 12.8. The van der Waals surface area contributed by atoms with Gasteiger partial charge in [-0.1, -0.05) is 12.2 Å². The molecule has 0 unspecified atom stereocenters. The SMILES string of the molecule is CCOc1ccc(NC(=O)CNC(=O)[C@@H]2CC=CCC2)cc1. The second kappa shape index (κ2) is 8.22. The lowest BCUT2D eigenvalue weighted by Gasteiger charge is -2.17. The molecule has 0 saturated carbocycles. The van der Waals surface area contributed by atoms with Crippen molar-refractivity contribution in [2.24, 2.45) is 5.92 Å². The lowest BCUT2D eigenvalue weighted by atomic mass is 9.94. The Labute approximate surface area is 130 Å². The van der Waals surface area contributed by atoms with Gasteiger partial charge in [-0.05, 0) is 50.5 Å². The Hall–Kier alpha value is -2.30. The van der Waals surface area contributed by atoms with Crippen LogP contribution in [0.2, 0.25) is 0 Å². The number of carbonyl (C=O) groups is 2. The highest BCUT2D eigenvalue weighted by Gasteiger charge is 2.18. The summed E-state index contributed by atoms with van der Waals surface area (Å²) in [4.78, 5) is 23.8. The van der Waals surface area contributed by atoms with Crippen LogP contribution in [0.25, 0.3) is 0 Å². The van der Waals surface area contributed by atoms with E-state index in [-0.39, 0.29) is 24.3 Å². The molecule has 5 heteroatoms. The average Bonchev–Trinajstić information content (AvgIpc) is 2.55. The highest BCUT2D eigenvalue weighted by molar-refractivity contribution is 5.94. The molecule has 1 aromatic rings. The van der Waals surface area contributed by atoms with Gasteiger partial charge in [-0.2, -0.15) is 0 Å². The van der Waals surface area contributed by atoms with Gasteiger partial charge in [0.2, 0.25) is 11.8 Å². The van der Waals surface area contributed by atoms with Gasteiger partial charge in [0.05, 0.1) is 13.2 Å². The van der Waals surface area contributed by atoms with Crippen LogP contribution >= 0.6 is 0 Å². The van der Waals surface area contributed by atoms with Crippen LogP contribution in [-0.2, 0) is 9.59 Å². The van der Waals surface area contributed by atoms with E-state index >= 15 is 0 Å². The van der Waals surface area contributed by atoms with Crippen LogP contribution in [0.1, 0.15) is 26.2 Å². The number of benzene rings is 1. The summed E-state index contributed by atoms with van der Waals surface area (Å²) >= 11 is 0. The average molecular weight is 302 g/mol. The topological polar surface area (TPSA) is 67.4 Å². The molecule has 2 rings (SSSR count). The lowest BCUT2D eigenvalue weighted by Crippen LogP contribution is -2.37. The summed E-state index contributed by atoms with van der Waals surface area (Å²) in [5.74, 6) is 0.470. The zero-order chi connectivity index (χ0) is 15.8. The van der Waals surface area contributed by atoms with Crippen molar-refractivity contribution in [2.75, 3.05) is 18.5 Å². The summed E-state index contributed by atoms with van der Waals surface area (Å²) in [7, 11) is 0. The zero-order valence-corrected chi connectivity index (χ0v) is 12.8. The number of hydrogen-bond acceptors (Lipinski definition) is 3. The van der Waals surface area contributed by atoms with Crippen LogP contribution in [0.15, 0.2) is 36.4 Å². The fourth-order valence-corrected chi connectivity index (χ4v) is 2.35. The van der Waals surface area contributed by atoms with Gasteiger partial charge >= 0.3 is 0 Å². The first-order valence-electron chi connectivity index (χ1n) is 7.64. The molecular weight excluding hydrogens is 280 g/mol. The third-order valence-electron chi connectivity index (χ3n) is 3.51. The quantitative estimate of drug-likeness (QED) is 0.793. The molecule has 0 spiro atoms. The van der Waals surface area contributed by atoms with Gasteiger partial charge in [0.15, 0.2) is 0 Å². The first-order chi connectivity index (χ1) is 10.7. The van der Waals surface area contributed by atoms with Crippen molar-refractivity contribution in [3.8, 4) is 5.75 Å². The summed E-state index contributed by atoms with van der Waals surface area (Å²) in [5.41, 5.74) is 0.684. The largest absolute Gasteiger partial charge is 0.494 e. The standard InChI is InChI=1S/C17H22N2O3/c1-2-22-15-10-8-14(9-11-15)19-16(20)12-18-17(21)13-6-4-3-5-7-13/h3-4,8-11,13H,2,5-7,12H2,1H3,(H,18,21)(H,19,20)/t13-/m1/s1. The van der Waals surface area contributed by atoms with Crippen LogP contribution in [0.5, 0.6) is 5.75 Å². The number of allylic oxidation sites excluding steroid dienone is 2. The Kier molecular flexibility index (Phi) is 6.01. The highest BCUT2D eigenvalue weighted by atomic mass is 16.5. The van der Waals surface area contributed by atoms with Gasteiger partial charge in [-0.15, -0.1) is 0 Å². The van der Waals surface area contributed by atoms with Crippen LogP contribution < -0.4 is 15.4 Å². The molecule has 0 bridgehead atoms. The predicted octanol–water partition coefficient (Wildman–Crippen LogP) is 2.50. The second-order valence-corrected chi connectivity index (χ2v) is 5.20. The molecule has 1 aliphatic rings. The maximum absolute atomic E-state index is 11.9. The molecule has 0 saturated heterocycles. The van der Waals surface area contributed by atoms with E-state index in [4.69, 9.17) is 4.74 Å². The Balaban J connectivity index is 1.75. The summed E-state index contributed by atoms with van der Waals surface area (Å²) in [6.07, 6.45) is 6.64. The molecule has 0 radical (unpaired) electrons. The Bertz CT molecular complexity index is 537. The van der Waals surface area contributed by atoms with Crippen LogP contribution in [0.3, 0.4) is 0 Å². The van der Waals surface area contributed by atoms with Crippen LogP contribution in [0.4, 0.5) is 5.69 Å². The van der Waals surface area contributed by atoms with E-state index in [2.05, 4.69) is 16.7 Å². The number of amides is 2. The van der Waals surface area contributed by atoms with E-state index in [1.165, 1.54) is 0 Å². The number of carbonyl (C=O) groups excluding carboxylic acids is 2. The maximum Gasteiger partial charge on any atom is 0.243 e.